The summed E-state index contributed by atoms with van der Waals surface area (Å²) in [5.41, 5.74) is 2.02. The van der Waals surface area contributed by atoms with Crippen LogP contribution in [0.4, 0.5) is 5.69 Å². The van der Waals surface area contributed by atoms with Crippen molar-refractivity contribution in [2.45, 2.75) is 19.3 Å². The fraction of sp³-hybridized carbons (Fsp3) is 0.364. The van der Waals surface area contributed by atoms with Crippen LogP contribution in [0.2, 0.25) is 0 Å². The number of aryl methyl sites for hydroxylation is 1. The molecule has 0 saturated heterocycles. The van der Waals surface area contributed by atoms with E-state index in [4.69, 9.17) is 9.47 Å². The van der Waals surface area contributed by atoms with E-state index in [1.165, 1.54) is 9.71 Å². The third kappa shape index (κ3) is 7.73. The van der Waals surface area contributed by atoms with Crippen molar-refractivity contribution in [3.8, 4) is 5.75 Å². The number of thiazole rings is 1. The Morgan fingerprint density at radius 2 is 1.97 bits per heavy atom. The molecule has 0 spiro atoms. The molecule has 0 aliphatic carbocycles. The largest absolute Gasteiger partial charge is 0.493 e. The number of guanidine groups is 1. The van der Waals surface area contributed by atoms with Crippen molar-refractivity contribution in [3.05, 3.63) is 53.5 Å². The molecule has 0 atom stereocenters. The zero-order valence-electron chi connectivity index (χ0n) is 17.4. The number of aromatic nitrogens is 1. The number of hydrogen-bond donors (Lipinski definition) is 2. The number of nitrogens with zero attached hydrogens (tertiary/aromatic N) is 2. The van der Waals surface area contributed by atoms with Crippen LogP contribution in [0.3, 0.4) is 0 Å². The number of halogens is 1. The number of hydrogen-bond acceptors (Lipinski definition) is 5. The highest BCUT2D eigenvalue weighted by molar-refractivity contribution is 14.0. The highest BCUT2D eigenvalue weighted by atomic mass is 127. The first kappa shape index (κ1) is 24.4. The monoisotopic (exact) mass is 540 g/mol. The minimum Gasteiger partial charge on any atom is -0.493 e. The summed E-state index contributed by atoms with van der Waals surface area (Å²) < 4.78 is 12.0. The average molecular weight is 540 g/mol. The maximum absolute atomic E-state index is 5.75. The Balaban J connectivity index is 0.00000320. The molecule has 0 fully saturated rings. The second-order valence-corrected chi connectivity index (χ2v) is 7.64. The number of rotatable bonds is 10. The Morgan fingerprint density at radius 3 is 2.77 bits per heavy atom. The van der Waals surface area contributed by atoms with Gasteiger partial charge in [-0.2, -0.15) is 0 Å². The standard InChI is InChI=1S/C22H28N4O2S.HI/c1-23-22(25-17-8-5-9-18(16-17)28-15-7-14-27-2)24-13-6-12-21-26-19-10-3-4-11-20(19)29-21;/h3-5,8-11,16H,6-7,12-15H2,1-2H3,(H2,23,24,25);1H. The Bertz CT molecular complexity index is 899. The number of benzene rings is 2. The first-order valence-corrected chi connectivity index (χ1v) is 10.6. The number of para-hydroxylation sites is 1. The van der Waals surface area contributed by atoms with Crippen molar-refractivity contribution in [3.63, 3.8) is 0 Å². The van der Waals surface area contributed by atoms with Crippen LogP contribution in [0.5, 0.6) is 5.75 Å². The summed E-state index contributed by atoms with van der Waals surface area (Å²) in [6.45, 7) is 2.16. The molecule has 162 valence electrons. The first-order valence-electron chi connectivity index (χ1n) is 9.82. The molecular formula is C22H29IN4O2S. The number of anilines is 1. The van der Waals surface area contributed by atoms with Gasteiger partial charge in [-0.05, 0) is 30.7 Å². The molecule has 0 aliphatic rings. The van der Waals surface area contributed by atoms with E-state index in [0.717, 1.165) is 48.7 Å². The van der Waals surface area contributed by atoms with Crippen molar-refractivity contribution in [2.24, 2.45) is 4.99 Å². The highest BCUT2D eigenvalue weighted by Crippen LogP contribution is 2.22. The number of aliphatic imine (C=N–C) groups is 1. The van der Waals surface area contributed by atoms with Gasteiger partial charge in [0, 0.05) is 51.9 Å². The Hall–Kier alpha value is -1.91. The van der Waals surface area contributed by atoms with Crippen LogP contribution in [0.1, 0.15) is 17.8 Å². The lowest BCUT2D eigenvalue weighted by molar-refractivity contribution is 0.172. The van der Waals surface area contributed by atoms with Gasteiger partial charge in [-0.3, -0.25) is 4.99 Å². The highest BCUT2D eigenvalue weighted by Gasteiger charge is 2.04. The molecule has 0 amide bonds. The van der Waals surface area contributed by atoms with Gasteiger partial charge in [0.05, 0.1) is 21.8 Å². The molecule has 0 saturated carbocycles. The van der Waals surface area contributed by atoms with Gasteiger partial charge < -0.3 is 20.1 Å². The summed E-state index contributed by atoms with van der Waals surface area (Å²) in [5.74, 6) is 1.57. The fourth-order valence-electron chi connectivity index (χ4n) is 2.85. The van der Waals surface area contributed by atoms with Crippen LogP contribution in [0, 0.1) is 0 Å². The van der Waals surface area contributed by atoms with Crippen molar-refractivity contribution >= 4 is 57.2 Å². The lowest BCUT2D eigenvalue weighted by Crippen LogP contribution is -2.31. The molecule has 3 rings (SSSR count). The smallest absolute Gasteiger partial charge is 0.195 e. The van der Waals surface area contributed by atoms with Crippen molar-refractivity contribution in [1.29, 1.82) is 0 Å². The lowest BCUT2D eigenvalue weighted by Gasteiger charge is -2.13. The van der Waals surface area contributed by atoms with E-state index in [2.05, 4.69) is 38.8 Å². The average Bonchev–Trinajstić information content (AvgIpc) is 3.16. The van der Waals surface area contributed by atoms with Crippen LogP contribution < -0.4 is 15.4 Å². The summed E-state index contributed by atoms with van der Waals surface area (Å²) in [6, 6.07) is 16.2. The van der Waals surface area contributed by atoms with Crippen LogP contribution in [-0.2, 0) is 11.2 Å². The predicted octanol–water partition coefficient (Wildman–Crippen LogP) is 4.95. The molecule has 2 aromatic carbocycles. The van der Waals surface area contributed by atoms with Crippen molar-refractivity contribution in [1.82, 2.24) is 10.3 Å². The molecule has 0 aliphatic heterocycles. The van der Waals surface area contributed by atoms with E-state index in [1.54, 1.807) is 25.5 Å². The van der Waals surface area contributed by atoms with E-state index >= 15 is 0 Å². The van der Waals surface area contributed by atoms with Crippen molar-refractivity contribution < 1.29 is 9.47 Å². The zero-order chi connectivity index (χ0) is 20.3. The molecule has 30 heavy (non-hydrogen) atoms. The fourth-order valence-corrected chi connectivity index (χ4v) is 3.86. The predicted molar refractivity (Wildman–Crippen MR) is 137 cm³/mol. The van der Waals surface area contributed by atoms with E-state index in [-0.39, 0.29) is 24.0 Å². The molecule has 8 heteroatoms. The van der Waals surface area contributed by atoms with Gasteiger partial charge >= 0.3 is 0 Å². The molecule has 3 aromatic rings. The van der Waals surface area contributed by atoms with Gasteiger partial charge in [-0.1, -0.05) is 18.2 Å². The molecular weight excluding hydrogens is 511 g/mol. The lowest BCUT2D eigenvalue weighted by atomic mass is 10.3. The normalized spacial score (nSPS) is 11.2. The first-order chi connectivity index (χ1) is 14.3. The Morgan fingerprint density at radius 1 is 1.10 bits per heavy atom. The molecule has 6 nitrogen and oxygen atoms in total. The van der Waals surface area contributed by atoms with Gasteiger partial charge in [0.1, 0.15) is 5.75 Å². The number of fused-ring (bicyclic) bond motifs is 1. The molecule has 0 radical (unpaired) electrons. The minimum absolute atomic E-state index is 0. The maximum Gasteiger partial charge on any atom is 0.195 e. The van der Waals surface area contributed by atoms with Gasteiger partial charge in [0.25, 0.3) is 0 Å². The SMILES string of the molecule is CN=C(NCCCc1nc2ccccc2s1)Nc1cccc(OCCCOC)c1.I. The second kappa shape index (κ2) is 13.4. The van der Waals surface area contributed by atoms with E-state index in [1.807, 2.05) is 30.3 Å². The summed E-state index contributed by atoms with van der Waals surface area (Å²) in [6.07, 6.45) is 2.81. The maximum atomic E-state index is 5.75. The summed E-state index contributed by atoms with van der Waals surface area (Å²) in [4.78, 5) is 8.99. The third-order valence-corrected chi connectivity index (χ3v) is 5.38. The number of methoxy groups -OCH3 is 1. The van der Waals surface area contributed by atoms with Crippen molar-refractivity contribution in [2.75, 3.05) is 39.2 Å². The van der Waals surface area contributed by atoms with Crippen LogP contribution in [-0.4, -0.2) is 44.9 Å². The minimum atomic E-state index is 0. The summed E-state index contributed by atoms with van der Waals surface area (Å²) >= 11 is 1.77. The Labute approximate surface area is 199 Å². The van der Waals surface area contributed by atoms with Crippen LogP contribution >= 0.6 is 35.3 Å². The van der Waals surface area contributed by atoms with Gasteiger partial charge in [0.15, 0.2) is 5.96 Å². The zero-order valence-corrected chi connectivity index (χ0v) is 20.5. The second-order valence-electron chi connectivity index (χ2n) is 6.53. The van der Waals surface area contributed by atoms with Gasteiger partial charge in [0.2, 0.25) is 0 Å². The Kier molecular flexibility index (Phi) is 10.9. The van der Waals surface area contributed by atoms with E-state index < -0.39 is 0 Å². The van der Waals surface area contributed by atoms with E-state index in [9.17, 15) is 0 Å². The number of ether oxygens (including phenoxy) is 2. The van der Waals surface area contributed by atoms with Gasteiger partial charge in [-0.25, -0.2) is 4.98 Å². The summed E-state index contributed by atoms with van der Waals surface area (Å²) in [7, 11) is 3.47. The molecule has 1 aromatic heterocycles. The third-order valence-electron chi connectivity index (χ3n) is 4.28. The summed E-state index contributed by atoms with van der Waals surface area (Å²) in [5, 5.41) is 7.85. The molecule has 2 N–H and O–H groups in total. The topological polar surface area (TPSA) is 67.8 Å². The van der Waals surface area contributed by atoms with E-state index in [0.29, 0.717) is 13.2 Å². The van der Waals surface area contributed by atoms with Crippen LogP contribution in [0.25, 0.3) is 10.2 Å². The molecule has 0 bridgehead atoms. The molecule has 1 heterocycles. The van der Waals surface area contributed by atoms with Crippen LogP contribution in [0.15, 0.2) is 53.5 Å². The number of nitrogens with one attached hydrogen (secondary N) is 2. The molecule has 0 unspecified atom stereocenters. The van der Waals surface area contributed by atoms with Gasteiger partial charge in [-0.15, -0.1) is 35.3 Å². The quantitative estimate of drug-likeness (QED) is 0.165.